The van der Waals surface area contributed by atoms with E-state index < -0.39 is 0 Å². The summed E-state index contributed by atoms with van der Waals surface area (Å²) in [7, 11) is 0. The van der Waals surface area contributed by atoms with Gasteiger partial charge in [-0.05, 0) is 42.3 Å². The first-order valence-electron chi connectivity index (χ1n) is 10.7. The fourth-order valence-electron chi connectivity index (χ4n) is 4.02. The lowest BCUT2D eigenvalue weighted by atomic mass is 10.0. The van der Waals surface area contributed by atoms with Gasteiger partial charge in [0, 0.05) is 41.1 Å². The Hall–Kier alpha value is -3.96. The third-order valence-electron chi connectivity index (χ3n) is 5.79. The monoisotopic (exact) mass is 420 g/mol. The molecule has 5 rings (SSSR count). The number of amides is 1. The van der Waals surface area contributed by atoms with Gasteiger partial charge in [0.25, 0.3) is 5.91 Å². The van der Waals surface area contributed by atoms with Crippen molar-refractivity contribution >= 4 is 27.7 Å². The van der Waals surface area contributed by atoms with Gasteiger partial charge in [0.15, 0.2) is 0 Å². The van der Waals surface area contributed by atoms with Crippen LogP contribution in [0.15, 0.2) is 79.0 Å². The third kappa shape index (κ3) is 3.74. The zero-order chi connectivity index (χ0) is 22.1. The van der Waals surface area contributed by atoms with Crippen LogP contribution in [0, 0.1) is 6.92 Å². The molecule has 32 heavy (non-hydrogen) atoms. The van der Waals surface area contributed by atoms with E-state index in [2.05, 4.69) is 35.4 Å². The first kappa shape index (κ1) is 20.0. The molecular formula is C27H24N4O. The maximum absolute atomic E-state index is 13.2. The average molecular weight is 421 g/mol. The molecular weight excluding hydrogens is 396 g/mol. The minimum atomic E-state index is -0.122. The molecule has 4 N–H and O–H groups in total. The van der Waals surface area contributed by atoms with E-state index >= 15 is 0 Å². The van der Waals surface area contributed by atoms with Gasteiger partial charge < -0.3 is 16.0 Å². The number of carbonyl (C=O) groups is 1. The van der Waals surface area contributed by atoms with Gasteiger partial charge in [-0.2, -0.15) is 0 Å². The van der Waals surface area contributed by atoms with Crippen LogP contribution in [0.1, 0.15) is 27.0 Å². The highest BCUT2D eigenvalue weighted by Crippen LogP contribution is 2.31. The number of hydrogen-bond donors (Lipinski definition) is 3. The van der Waals surface area contributed by atoms with Crippen molar-refractivity contribution in [1.82, 2.24) is 15.3 Å². The Morgan fingerprint density at radius 2 is 1.75 bits per heavy atom. The maximum atomic E-state index is 13.2. The number of hydrogen-bond acceptors (Lipinski definition) is 3. The number of rotatable bonds is 5. The molecule has 5 heteroatoms. The number of aromatic nitrogens is 2. The molecule has 1 amide bonds. The molecule has 0 saturated carbocycles. The Morgan fingerprint density at radius 3 is 2.56 bits per heavy atom. The van der Waals surface area contributed by atoms with Crippen molar-refractivity contribution in [2.45, 2.75) is 20.0 Å². The highest BCUT2D eigenvalue weighted by molar-refractivity contribution is 6.08. The molecule has 0 radical (unpaired) electrons. The summed E-state index contributed by atoms with van der Waals surface area (Å²) >= 11 is 0. The average Bonchev–Trinajstić information content (AvgIpc) is 3.25. The van der Waals surface area contributed by atoms with Crippen LogP contribution in [0.3, 0.4) is 0 Å². The second-order valence-corrected chi connectivity index (χ2v) is 8.03. The highest BCUT2D eigenvalue weighted by Gasteiger charge is 2.16. The van der Waals surface area contributed by atoms with Crippen LogP contribution in [-0.2, 0) is 13.1 Å². The van der Waals surface area contributed by atoms with Crippen molar-refractivity contribution < 1.29 is 4.79 Å². The zero-order valence-electron chi connectivity index (χ0n) is 17.9. The molecule has 0 fully saturated rings. The van der Waals surface area contributed by atoms with E-state index in [9.17, 15) is 4.79 Å². The summed E-state index contributed by atoms with van der Waals surface area (Å²) in [6.45, 7) is 3.02. The van der Waals surface area contributed by atoms with Gasteiger partial charge in [-0.3, -0.25) is 4.79 Å². The number of aryl methyl sites for hydroxylation is 1. The van der Waals surface area contributed by atoms with E-state index in [4.69, 9.17) is 10.7 Å². The Bertz CT molecular complexity index is 1430. The van der Waals surface area contributed by atoms with Crippen LogP contribution < -0.4 is 11.1 Å². The van der Waals surface area contributed by atoms with Crippen molar-refractivity contribution in [1.29, 1.82) is 0 Å². The summed E-state index contributed by atoms with van der Waals surface area (Å²) < 4.78 is 0. The summed E-state index contributed by atoms with van der Waals surface area (Å²) in [5, 5.41) is 4.99. The van der Waals surface area contributed by atoms with Gasteiger partial charge in [0.05, 0.1) is 16.8 Å². The van der Waals surface area contributed by atoms with Crippen molar-refractivity contribution in [3.63, 3.8) is 0 Å². The zero-order valence-corrected chi connectivity index (χ0v) is 17.9. The maximum Gasteiger partial charge on any atom is 0.252 e. The predicted molar refractivity (Wildman–Crippen MR) is 129 cm³/mol. The quantitative estimate of drug-likeness (QED) is 0.371. The van der Waals surface area contributed by atoms with E-state index in [1.165, 1.54) is 5.56 Å². The Kier molecular flexibility index (Phi) is 5.17. The number of benzene rings is 3. The van der Waals surface area contributed by atoms with E-state index in [0.29, 0.717) is 18.7 Å². The molecule has 5 nitrogen and oxygen atoms in total. The minimum Gasteiger partial charge on any atom is -0.360 e. The number of H-pyrrole nitrogens is 1. The Labute approximate surface area is 186 Å². The smallest absolute Gasteiger partial charge is 0.252 e. The normalized spacial score (nSPS) is 11.2. The number of carbonyl (C=O) groups excluding carboxylic acids is 1. The molecule has 158 valence electrons. The van der Waals surface area contributed by atoms with Gasteiger partial charge in [-0.1, -0.05) is 54.1 Å². The lowest BCUT2D eigenvalue weighted by Gasteiger charge is -2.11. The van der Waals surface area contributed by atoms with Gasteiger partial charge in [-0.25, -0.2) is 4.98 Å². The molecule has 0 aliphatic rings. The summed E-state index contributed by atoms with van der Waals surface area (Å²) in [5.74, 6) is -0.122. The molecule has 0 aliphatic carbocycles. The summed E-state index contributed by atoms with van der Waals surface area (Å²) in [6, 6.07) is 23.9. The first-order chi connectivity index (χ1) is 15.6. The Balaban J connectivity index is 1.53. The second kappa shape index (κ2) is 8.29. The topological polar surface area (TPSA) is 83.8 Å². The minimum absolute atomic E-state index is 0.122. The molecule has 0 saturated heterocycles. The van der Waals surface area contributed by atoms with Crippen LogP contribution in [-0.4, -0.2) is 15.9 Å². The van der Waals surface area contributed by atoms with Crippen molar-refractivity contribution in [2.24, 2.45) is 5.73 Å². The molecule has 2 aromatic heterocycles. The molecule has 3 aromatic carbocycles. The molecule has 0 spiro atoms. The lowest BCUT2D eigenvalue weighted by molar-refractivity contribution is 0.0952. The summed E-state index contributed by atoms with van der Waals surface area (Å²) in [4.78, 5) is 21.4. The van der Waals surface area contributed by atoms with Gasteiger partial charge >= 0.3 is 0 Å². The van der Waals surface area contributed by atoms with E-state index in [1.54, 1.807) is 0 Å². The van der Waals surface area contributed by atoms with Gasteiger partial charge in [0.1, 0.15) is 0 Å². The number of nitrogens with zero attached hydrogens (tertiary/aromatic N) is 1. The van der Waals surface area contributed by atoms with Gasteiger partial charge in [-0.15, -0.1) is 0 Å². The van der Waals surface area contributed by atoms with E-state index in [1.807, 2.05) is 60.8 Å². The number of para-hydroxylation sites is 1. The molecule has 2 heterocycles. The van der Waals surface area contributed by atoms with Gasteiger partial charge in [0.2, 0.25) is 0 Å². The third-order valence-corrected chi connectivity index (χ3v) is 5.79. The number of aromatic amines is 1. The molecule has 0 aliphatic heterocycles. The van der Waals surface area contributed by atoms with Crippen LogP contribution in [0.25, 0.3) is 33.1 Å². The SMILES string of the molecule is Cc1ccc2[nH]cc(-c3cc(C(=O)NCc4ccc(CN)cc4)c4ccccc4n3)c2c1. The highest BCUT2D eigenvalue weighted by atomic mass is 16.1. The number of pyridine rings is 1. The van der Waals surface area contributed by atoms with Crippen LogP contribution >= 0.6 is 0 Å². The van der Waals surface area contributed by atoms with E-state index in [-0.39, 0.29) is 5.91 Å². The number of nitrogens with one attached hydrogen (secondary N) is 2. The predicted octanol–water partition coefficient (Wildman–Crippen LogP) is 5.08. The molecule has 0 atom stereocenters. The standard InChI is InChI=1S/C27H24N4O/c1-17-6-11-24-21(12-17)23(16-29-24)26-13-22(20-4-2-3-5-25(20)31-26)27(32)30-15-19-9-7-18(14-28)8-10-19/h2-13,16,29H,14-15,28H2,1H3,(H,30,32). The Morgan fingerprint density at radius 1 is 0.969 bits per heavy atom. The van der Waals surface area contributed by atoms with Crippen molar-refractivity contribution in [3.8, 4) is 11.3 Å². The summed E-state index contributed by atoms with van der Waals surface area (Å²) in [5.41, 5.74) is 13.2. The van der Waals surface area contributed by atoms with Crippen LogP contribution in [0.4, 0.5) is 0 Å². The molecule has 0 unspecified atom stereocenters. The number of nitrogens with two attached hydrogens (primary N) is 1. The van der Waals surface area contributed by atoms with Crippen LogP contribution in [0.5, 0.6) is 0 Å². The fraction of sp³-hybridized carbons (Fsp3) is 0.111. The first-order valence-corrected chi connectivity index (χ1v) is 10.7. The van der Waals surface area contributed by atoms with Crippen molar-refractivity contribution in [2.75, 3.05) is 0 Å². The number of fused-ring (bicyclic) bond motifs is 2. The lowest BCUT2D eigenvalue weighted by Crippen LogP contribution is -2.23. The second-order valence-electron chi connectivity index (χ2n) is 8.03. The molecule has 5 aromatic rings. The van der Waals surface area contributed by atoms with Crippen molar-refractivity contribution in [3.05, 3.63) is 101 Å². The van der Waals surface area contributed by atoms with E-state index in [0.717, 1.165) is 44.2 Å². The molecule has 0 bridgehead atoms. The summed E-state index contributed by atoms with van der Waals surface area (Å²) in [6.07, 6.45) is 1.96. The fourth-order valence-corrected chi connectivity index (χ4v) is 4.02. The van der Waals surface area contributed by atoms with Crippen LogP contribution in [0.2, 0.25) is 0 Å². The largest absolute Gasteiger partial charge is 0.360 e.